The molecule has 0 rings (SSSR count). The Balaban J connectivity index is -0.00000000500. The summed E-state index contributed by atoms with van der Waals surface area (Å²) in [7, 11) is 0. The first-order valence-electron chi connectivity index (χ1n) is 0.144. The van der Waals surface area contributed by atoms with Gasteiger partial charge in [0.1, 0.15) is 0 Å². The summed E-state index contributed by atoms with van der Waals surface area (Å²) in [4.78, 5) is 0. The van der Waals surface area contributed by atoms with Gasteiger partial charge in [0.15, 0.2) is 0 Å². The van der Waals surface area contributed by atoms with E-state index in [1.54, 1.807) is 0 Å². The molecule has 0 aliphatic heterocycles. The minimum atomic E-state index is 0. The fraction of sp³-hybridized carbons (Fsp3) is 0. The van der Waals surface area contributed by atoms with Crippen LogP contribution in [0.5, 0.6) is 0 Å². The van der Waals surface area contributed by atoms with Crippen molar-refractivity contribution in [3.63, 3.8) is 0 Å². The number of hydrogen-bond acceptors (Lipinski definition) is 1. The van der Waals surface area contributed by atoms with Crippen LogP contribution in [0.25, 0.3) is 0 Å². The summed E-state index contributed by atoms with van der Waals surface area (Å²) >= 11 is 2.00. The molecule has 0 aromatic carbocycles. The monoisotopic (exact) mass is 128 g/mol. The molecule has 0 amide bonds. The number of rotatable bonds is 0. The molecule has 0 aliphatic rings. The van der Waals surface area contributed by atoms with Gasteiger partial charge in [0, 0.05) is 0 Å². The van der Waals surface area contributed by atoms with Crippen molar-refractivity contribution in [3.8, 4) is 0 Å². The van der Waals surface area contributed by atoms with Crippen LogP contribution in [0.15, 0.2) is 0 Å². The first-order chi connectivity index (χ1) is 1.00. The Bertz CT molecular complexity index is 8.00. The van der Waals surface area contributed by atoms with Crippen LogP contribution in [-0.4, -0.2) is 0 Å². The molecule has 4 heteroatoms. The van der Waals surface area contributed by atoms with Crippen molar-refractivity contribution < 1.29 is 24.5 Å². The van der Waals surface area contributed by atoms with Crippen LogP contribution in [0, 0.1) is 0 Å². The quantitative estimate of drug-likeness (QED) is 0.433. The molecule has 1 nitrogen and oxygen atoms in total. The van der Waals surface area contributed by atoms with Gasteiger partial charge in [0.25, 0.3) is 0 Å². The molecule has 0 radical (unpaired) electrons. The van der Waals surface area contributed by atoms with E-state index in [-0.39, 0.29) is 17.1 Å². The molecule has 4 heavy (non-hydrogen) atoms. The summed E-state index contributed by atoms with van der Waals surface area (Å²) in [5, 5.41) is 0. The summed E-state index contributed by atoms with van der Waals surface area (Å²) in [5.41, 5.74) is 0. The molecule has 0 spiro atoms. The third-order valence-corrected chi connectivity index (χ3v) is 0. The fourth-order valence-corrected chi connectivity index (χ4v) is 0. The molecule has 0 fully saturated rings. The Morgan fingerprint density at radius 3 is 1.25 bits per heavy atom. The normalized spacial score (nSPS) is 1.25. The Morgan fingerprint density at radius 1 is 1.25 bits per heavy atom. The molecule has 30 valence electrons. The van der Waals surface area contributed by atoms with Gasteiger partial charge < -0.3 is 0 Å². The Labute approximate surface area is 37.6 Å². The second-order valence-electron chi connectivity index (χ2n) is 0. The molecule has 0 bridgehead atoms. The van der Waals surface area contributed by atoms with Gasteiger partial charge in [0.2, 0.25) is 0 Å². The van der Waals surface area contributed by atoms with Crippen LogP contribution < -0.4 is 0 Å². The van der Waals surface area contributed by atoms with Crippen molar-refractivity contribution in [1.29, 1.82) is 0 Å². The van der Waals surface area contributed by atoms with Crippen molar-refractivity contribution in [2.24, 2.45) is 0 Å². The molecule has 0 saturated heterocycles. The molecule has 0 saturated carbocycles. The van der Waals surface area contributed by atoms with Gasteiger partial charge in [-0.2, -0.15) is 0 Å². The van der Waals surface area contributed by atoms with Crippen molar-refractivity contribution in [2.45, 2.75) is 0 Å². The molecule has 0 heterocycles. The maximum atomic E-state index is 8.00. The van der Waals surface area contributed by atoms with Crippen LogP contribution in [0.4, 0.5) is 4.70 Å². The molecule has 0 aromatic heterocycles. The van der Waals surface area contributed by atoms with Gasteiger partial charge in [-0.3, -0.25) is 4.70 Å². The van der Waals surface area contributed by atoms with E-state index in [4.69, 9.17) is 3.83 Å². The SMILES string of the molecule is Cl.F.[O]=[Fe]. The van der Waals surface area contributed by atoms with E-state index >= 15 is 0 Å². The van der Waals surface area contributed by atoms with E-state index in [9.17, 15) is 0 Å². The first-order valence-corrected chi connectivity index (χ1v) is 0.595. The summed E-state index contributed by atoms with van der Waals surface area (Å²) in [6.45, 7) is 0. The predicted octanol–water partition coefficient (Wildman–Crippen LogP) is 0.453. The van der Waals surface area contributed by atoms with E-state index in [1.807, 2.05) is 15.9 Å². The Hall–Kier alpha value is 0.539. The van der Waals surface area contributed by atoms with Crippen LogP contribution in [0.1, 0.15) is 0 Å². The third-order valence-electron chi connectivity index (χ3n) is 0. The second-order valence-corrected chi connectivity index (χ2v) is 0. The molecule has 0 N–H and O–H groups in total. The van der Waals surface area contributed by atoms with Gasteiger partial charge >= 0.3 is 19.8 Å². The van der Waals surface area contributed by atoms with Gasteiger partial charge in [-0.15, -0.1) is 12.4 Å². The summed E-state index contributed by atoms with van der Waals surface area (Å²) in [6, 6.07) is 0. The van der Waals surface area contributed by atoms with Gasteiger partial charge in [-0.25, -0.2) is 0 Å². The Morgan fingerprint density at radius 2 is 1.25 bits per heavy atom. The van der Waals surface area contributed by atoms with Crippen LogP contribution >= 0.6 is 12.4 Å². The molecular formula is H2ClFFeO. The zero-order valence-electron chi connectivity index (χ0n) is 1.58. The molecule has 0 aromatic rings. The zero-order valence-corrected chi connectivity index (χ0v) is 3.50. The fourth-order valence-electron chi connectivity index (χ4n) is 0. The topological polar surface area (TPSA) is 17.1 Å². The van der Waals surface area contributed by atoms with Crippen LogP contribution in [0.2, 0.25) is 0 Å². The van der Waals surface area contributed by atoms with Crippen LogP contribution in [-0.2, 0) is 19.8 Å². The Kier molecular flexibility index (Phi) is 470. The summed E-state index contributed by atoms with van der Waals surface area (Å²) in [5.74, 6) is 0. The van der Waals surface area contributed by atoms with Gasteiger partial charge in [-0.1, -0.05) is 0 Å². The van der Waals surface area contributed by atoms with Crippen molar-refractivity contribution in [3.05, 3.63) is 0 Å². The standard InChI is InChI=1S/ClH.FH.Fe.O/h2*1H;;. The van der Waals surface area contributed by atoms with E-state index in [0.717, 1.165) is 0 Å². The van der Waals surface area contributed by atoms with Crippen molar-refractivity contribution in [1.82, 2.24) is 0 Å². The number of hydrogen-bond donors (Lipinski definition) is 0. The van der Waals surface area contributed by atoms with E-state index < -0.39 is 0 Å². The zero-order chi connectivity index (χ0) is 2.00. The summed E-state index contributed by atoms with van der Waals surface area (Å²) < 4.78 is 8.00. The van der Waals surface area contributed by atoms with Crippen molar-refractivity contribution in [2.75, 3.05) is 0 Å². The van der Waals surface area contributed by atoms with Crippen molar-refractivity contribution >= 4 is 12.4 Å². The molecule has 0 atom stereocenters. The van der Waals surface area contributed by atoms with Gasteiger partial charge in [0.05, 0.1) is 0 Å². The molecule has 0 aliphatic carbocycles. The third kappa shape index (κ3) is 20.7. The average molecular weight is 128 g/mol. The van der Waals surface area contributed by atoms with E-state index in [2.05, 4.69) is 0 Å². The minimum absolute atomic E-state index is 0. The summed E-state index contributed by atoms with van der Waals surface area (Å²) in [6.07, 6.45) is 0. The first kappa shape index (κ1) is 24.0. The predicted molar refractivity (Wildman–Crippen MR) is 10.4 cm³/mol. The second kappa shape index (κ2) is 78.4. The van der Waals surface area contributed by atoms with Crippen LogP contribution in [0.3, 0.4) is 0 Å². The average Bonchev–Trinajstić information content (AvgIpc) is 1.00. The van der Waals surface area contributed by atoms with E-state index in [1.165, 1.54) is 0 Å². The van der Waals surface area contributed by atoms with E-state index in [0.29, 0.717) is 0 Å². The van der Waals surface area contributed by atoms with Gasteiger partial charge in [-0.05, 0) is 0 Å². The molecule has 0 unspecified atom stereocenters. The maximum absolute atomic E-state index is 8.00. The molecular weight excluding hydrogens is 126 g/mol. The number of halogens is 2.